The molecule has 10 atom stereocenters. The van der Waals surface area contributed by atoms with Gasteiger partial charge in [0.25, 0.3) is 0 Å². The van der Waals surface area contributed by atoms with E-state index in [1.165, 1.54) is 44.1 Å². The third-order valence-electron chi connectivity index (χ3n) is 12.2. The highest BCUT2D eigenvalue weighted by molar-refractivity contribution is 5.22. The number of methoxy groups -OCH3 is 1. The van der Waals surface area contributed by atoms with Crippen LogP contribution in [0.4, 0.5) is 0 Å². The number of hydrogen-bond acceptors (Lipinski definition) is 2. The minimum Gasteiger partial charge on any atom is -0.393 e. The number of aliphatic hydroxyl groups is 1. The first-order chi connectivity index (χ1) is 15.3. The maximum atomic E-state index is 11.8. The molecule has 4 rings (SSSR count). The fourth-order valence-electron chi connectivity index (χ4n) is 10.3. The minimum absolute atomic E-state index is 0.148. The van der Waals surface area contributed by atoms with Gasteiger partial charge in [-0.15, -0.1) is 0 Å². The van der Waals surface area contributed by atoms with Crippen molar-refractivity contribution < 1.29 is 9.84 Å². The zero-order chi connectivity index (χ0) is 24.4. The van der Waals surface area contributed by atoms with Crippen LogP contribution in [0.3, 0.4) is 0 Å². The maximum Gasteiger partial charge on any atom is 0.0625 e. The first-order valence-corrected chi connectivity index (χ1v) is 14.0. The van der Waals surface area contributed by atoms with E-state index in [2.05, 4.69) is 67.9 Å². The van der Waals surface area contributed by atoms with Crippen LogP contribution in [0.15, 0.2) is 11.6 Å². The lowest BCUT2D eigenvalue weighted by molar-refractivity contribution is -0.229. The Hall–Kier alpha value is -0.340. The first-order valence-electron chi connectivity index (χ1n) is 14.0. The SMILES string of the molecule is CO[C@H]1CCC2(C)C([CH]CC3(C)C2CC(O)C2C(C(C)CCC=C(C)C)CCC23C)C1(C)C. The first kappa shape index (κ1) is 25.7. The average Bonchev–Trinajstić information content (AvgIpc) is 3.09. The summed E-state index contributed by atoms with van der Waals surface area (Å²) in [6.45, 7) is 19.5. The molecular formula is C31H53O2. The van der Waals surface area contributed by atoms with Crippen molar-refractivity contribution in [1.82, 2.24) is 0 Å². The van der Waals surface area contributed by atoms with Crippen molar-refractivity contribution in [2.24, 2.45) is 51.2 Å². The number of fused-ring (bicyclic) bond motifs is 5. The zero-order valence-corrected chi connectivity index (χ0v) is 23.2. The van der Waals surface area contributed by atoms with Crippen molar-refractivity contribution in [3.8, 4) is 0 Å². The van der Waals surface area contributed by atoms with Gasteiger partial charge in [0, 0.05) is 7.11 Å². The van der Waals surface area contributed by atoms with E-state index in [1.54, 1.807) is 0 Å². The molecule has 0 aliphatic heterocycles. The summed E-state index contributed by atoms with van der Waals surface area (Å²) < 4.78 is 5.99. The van der Waals surface area contributed by atoms with Gasteiger partial charge in [-0.05, 0) is 123 Å². The van der Waals surface area contributed by atoms with Crippen LogP contribution in [-0.2, 0) is 4.74 Å². The Morgan fingerprint density at radius 3 is 2.42 bits per heavy atom. The molecule has 4 aliphatic carbocycles. The van der Waals surface area contributed by atoms with E-state index >= 15 is 0 Å². The van der Waals surface area contributed by atoms with Crippen LogP contribution in [-0.4, -0.2) is 24.4 Å². The molecule has 1 radical (unpaired) electrons. The molecular weight excluding hydrogens is 404 g/mol. The standard InChI is InChI=1S/C31H53O2/c1-20(2)11-10-12-21(3)22-13-17-31(8)27(22)23(32)19-25-29(6)16-15-26(33-9)28(4,5)24(29)14-18-30(25,31)7/h11,14,21-27,32H,10,12-13,15-19H2,1-9H3/t21?,22?,23?,24?,25?,26-,27?,29?,30?,31?/m0/s1. The summed E-state index contributed by atoms with van der Waals surface area (Å²) in [5.41, 5.74) is 2.36. The molecule has 0 spiro atoms. The van der Waals surface area contributed by atoms with E-state index in [0.717, 1.165) is 12.8 Å². The molecule has 4 aliphatic rings. The van der Waals surface area contributed by atoms with Gasteiger partial charge in [0.05, 0.1) is 12.2 Å². The molecule has 0 heterocycles. The van der Waals surface area contributed by atoms with E-state index in [1.807, 2.05) is 7.11 Å². The van der Waals surface area contributed by atoms with Gasteiger partial charge in [0.2, 0.25) is 0 Å². The van der Waals surface area contributed by atoms with E-state index in [4.69, 9.17) is 4.74 Å². The minimum atomic E-state index is -0.148. The molecule has 0 bridgehead atoms. The molecule has 1 N–H and O–H groups in total. The highest BCUT2D eigenvalue weighted by Crippen LogP contribution is 2.75. The third kappa shape index (κ3) is 3.71. The molecule has 0 amide bonds. The number of rotatable bonds is 5. The van der Waals surface area contributed by atoms with Crippen molar-refractivity contribution in [3.05, 3.63) is 18.1 Å². The van der Waals surface area contributed by atoms with Crippen LogP contribution in [0.2, 0.25) is 0 Å². The second kappa shape index (κ2) is 8.65. The Balaban J connectivity index is 1.63. The van der Waals surface area contributed by atoms with E-state index in [0.29, 0.717) is 35.7 Å². The number of hydrogen-bond donors (Lipinski definition) is 1. The molecule has 0 saturated heterocycles. The predicted octanol–water partition coefficient (Wildman–Crippen LogP) is 7.85. The molecule has 0 aromatic heterocycles. The molecule has 189 valence electrons. The van der Waals surface area contributed by atoms with Crippen LogP contribution in [0.25, 0.3) is 0 Å². The van der Waals surface area contributed by atoms with Gasteiger partial charge in [0.1, 0.15) is 0 Å². The highest BCUT2D eigenvalue weighted by Gasteiger charge is 2.70. The summed E-state index contributed by atoms with van der Waals surface area (Å²) in [4.78, 5) is 0. The Bertz CT molecular complexity index is 750. The van der Waals surface area contributed by atoms with Gasteiger partial charge in [-0.1, -0.05) is 53.2 Å². The smallest absolute Gasteiger partial charge is 0.0625 e. The molecule has 0 aromatic rings. The third-order valence-corrected chi connectivity index (χ3v) is 12.2. The molecule has 4 fully saturated rings. The number of allylic oxidation sites excluding steroid dienone is 2. The van der Waals surface area contributed by atoms with Crippen molar-refractivity contribution in [1.29, 1.82) is 0 Å². The highest BCUT2D eigenvalue weighted by atomic mass is 16.5. The molecule has 2 nitrogen and oxygen atoms in total. The van der Waals surface area contributed by atoms with E-state index in [-0.39, 0.29) is 27.8 Å². The van der Waals surface area contributed by atoms with Crippen LogP contribution >= 0.6 is 0 Å². The van der Waals surface area contributed by atoms with Gasteiger partial charge in [-0.3, -0.25) is 0 Å². The quantitative estimate of drug-likeness (QED) is 0.426. The Morgan fingerprint density at radius 2 is 1.79 bits per heavy atom. The van der Waals surface area contributed by atoms with Gasteiger partial charge in [-0.2, -0.15) is 0 Å². The molecule has 9 unspecified atom stereocenters. The fourth-order valence-corrected chi connectivity index (χ4v) is 10.3. The second-order valence-corrected chi connectivity index (χ2v) is 14.3. The van der Waals surface area contributed by atoms with Crippen LogP contribution in [0.1, 0.15) is 107 Å². The average molecular weight is 458 g/mol. The lowest BCUT2D eigenvalue weighted by Crippen LogP contribution is -2.66. The Morgan fingerprint density at radius 1 is 1.09 bits per heavy atom. The molecule has 0 aromatic carbocycles. The molecule has 33 heavy (non-hydrogen) atoms. The Kier molecular flexibility index (Phi) is 6.75. The molecule has 4 saturated carbocycles. The predicted molar refractivity (Wildman–Crippen MR) is 139 cm³/mol. The summed E-state index contributed by atoms with van der Waals surface area (Å²) in [6, 6.07) is 0. The zero-order valence-electron chi connectivity index (χ0n) is 23.2. The van der Waals surface area contributed by atoms with Gasteiger partial charge in [0.15, 0.2) is 0 Å². The summed E-state index contributed by atoms with van der Waals surface area (Å²) in [5, 5.41) is 11.8. The number of aliphatic hydroxyl groups excluding tert-OH is 1. The normalized spacial score (nSPS) is 49.5. The van der Waals surface area contributed by atoms with Crippen molar-refractivity contribution >= 4 is 0 Å². The van der Waals surface area contributed by atoms with Gasteiger partial charge in [-0.25, -0.2) is 0 Å². The van der Waals surface area contributed by atoms with Gasteiger partial charge >= 0.3 is 0 Å². The lowest BCUT2D eigenvalue weighted by Gasteiger charge is -2.70. The summed E-state index contributed by atoms with van der Waals surface area (Å²) in [7, 11) is 1.90. The van der Waals surface area contributed by atoms with Crippen LogP contribution in [0.5, 0.6) is 0 Å². The van der Waals surface area contributed by atoms with E-state index in [9.17, 15) is 5.11 Å². The Labute approximate surface area is 205 Å². The summed E-state index contributed by atoms with van der Waals surface area (Å²) in [6.07, 6.45) is 14.9. The number of ether oxygens (including phenoxy) is 1. The summed E-state index contributed by atoms with van der Waals surface area (Å²) >= 11 is 0. The maximum absolute atomic E-state index is 11.8. The fraction of sp³-hybridized carbons (Fsp3) is 0.903. The van der Waals surface area contributed by atoms with Crippen molar-refractivity contribution in [3.63, 3.8) is 0 Å². The lowest BCUT2D eigenvalue weighted by atomic mass is 9.35. The van der Waals surface area contributed by atoms with Crippen molar-refractivity contribution in [2.45, 2.75) is 119 Å². The van der Waals surface area contributed by atoms with Crippen molar-refractivity contribution in [2.75, 3.05) is 7.11 Å². The molecule has 2 heteroatoms. The van der Waals surface area contributed by atoms with Crippen LogP contribution < -0.4 is 0 Å². The van der Waals surface area contributed by atoms with Crippen LogP contribution in [0, 0.1) is 57.7 Å². The van der Waals surface area contributed by atoms with E-state index < -0.39 is 0 Å². The monoisotopic (exact) mass is 457 g/mol. The van der Waals surface area contributed by atoms with Gasteiger partial charge < -0.3 is 9.84 Å². The summed E-state index contributed by atoms with van der Waals surface area (Å²) in [5.74, 6) is 2.97. The second-order valence-electron chi connectivity index (χ2n) is 14.3. The largest absolute Gasteiger partial charge is 0.393 e. The topological polar surface area (TPSA) is 29.5 Å².